The first-order chi connectivity index (χ1) is 12.9. The van der Waals surface area contributed by atoms with Crippen LogP contribution >= 0.6 is 46.3 Å². The number of hydrogen-bond donors (Lipinski definition) is 0. The van der Waals surface area contributed by atoms with Gasteiger partial charge in [-0.25, -0.2) is 0 Å². The predicted octanol–water partition coefficient (Wildman–Crippen LogP) is 5.02. The molecule has 0 atom stereocenters. The number of nitro benzene ring substituents is 1. The Labute approximate surface area is 172 Å². The van der Waals surface area contributed by atoms with Gasteiger partial charge in [0.05, 0.1) is 25.7 Å². The van der Waals surface area contributed by atoms with Gasteiger partial charge >= 0.3 is 0 Å². The molecule has 27 heavy (non-hydrogen) atoms. The minimum atomic E-state index is -0.626. The van der Waals surface area contributed by atoms with Crippen LogP contribution in [0.5, 0.6) is 0 Å². The monoisotopic (exact) mass is 441 g/mol. The first kappa shape index (κ1) is 19.9. The Morgan fingerprint density at radius 2 is 2.07 bits per heavy atom. The van der Waals surface area contributed by atoms with Crippen molar-refractivity contribution in [3.05, 3.63) is 66.9 Å². The number of rotatable bonds is 5. The van der Waals surface area contributed by atoms with Gasteiger partial charge in [-0.15, -0.1) is 0 Å². The zero-order chi connectivity index (χ0) is 19.6. The van der Waals surface area contributed by atoms with Gasteiger partial charge in [-0.05, 0) is 30.5 Å². The van der Waals surface area contributed by atoms with E-state index in [-0.39, 0.29) is 16.3 Å². The van der Waals surface area contributed by atoms with Crippen molar-refractivity contribution in [2.75, 3.05) is 12.0 Å². The average molecular weight is 442 g/mol. The third kappa shape index (κ3) is 4.35. The molecule has 3 rings (SSSR count). The molecule has 6 nitrogen and oxygen atoms in total. The number of aromatic nitrogens is 1. The molecule has 140 valence electrons. The summed E-state index contributed by atoms with van der Waals surface area (Å²) in [5.74, 6) is 0.215. The maximum Gasteiger partial charge on any atom is 0.281 e. The Balaban J connectivity index is 2.13. The molecule has 0 unspecified atom stereocenters. The normalized spacial score (nSPS) is 11.9. The molecule has 0 aliphatic carbocycles. The molecule has 0 bridgehead atoms. The van der Waals surface area contributed by atoms with Gasteiger partial charge < -0.3 is 4.57 Å². The Morgan fingerprint density at radius 3 is 2.78 bits per heavy atom. The smallest absolute Gasteiger partial charge is 0.281 e. The number of amides is 1. The van der Waals surface area contributed by atoms with Crippen molar-refractivity contribution in [3.63, 3.8) is 0 Å². The van der Waals surface area contributed by atoms with Crippen LogP contribution < -0.4 is 4.80 Å². The van der Waals surface area contributed by atoms with E-state index in [0.717, 1.165) is 22.0 Å². The standard InChI is InChI=1S/C17H13Cl2N3O3S2/c1-26-7-6-21-14-5-2-10(18)8-15(14)27-17(21)20-16(23)12-9-11(22(24)25)3-4-13(12)19/h2-5,8-9H,6-7H2,1H3. The fraction of sp³-hybridized carbons (Fsp3) is 0.176. The number of halogens is 2. The largest absolute Gasteiger partial charge is 0.316 e. The lowest BCUT2D eigenvalue weighted by molar-refractivity contribution is -0.384. The van der Waals surface area contributed by atoms with Crippen molar-refractivity contribution < 1.29 is 9.72 Å². The zero-order valence-corrected chi connectivity index (χ0v) is 17.2. The van der Waals surface area contributed by atoms with E-state index in [9.17, 15) is 14.9 Å². The second-order valence-corrected chi connectivity index (χ2v) is 8.32. The maximum absolute atomic E-state index is 12.7. The van der Waals surface area contributed by atoms with Gasteiger partial charge in [0.15, 0.2) is 4.80 Å². The number of carbonyl (C=O) groups excluding carboxylic acids is 1. The summed E-state index contributed by atoms with van der Waals surface area (Å²) >= 11 is 15.1. The molecule has 1 amide bonds. The second-order valence-electron chi connectivity index (χ2n) is 5.48. The van der Waals surface area contributed by atoms with Crippen LogP contribution in [0.25, 0.3) is 10.2 Å². The molecule has 0 saturated heterocycles. The molecule has 3 aromatic rings. The summed E-state index contributed by atoms with van der Waals surface area (Å²) in [6.07, 6.45) is 2.00. The molecular formula is C17H13Cl2N3O3S2. The second kappa shape index (κ2) is 8.43. The summed E-state index contributed by atoms with van der Waals surface area (Å²) in [4.78, 5) is 27.8. The Bertz CT molecular complexity index is 1110. The number of carbonyl (C=O) groups is 1. The Hall–Kier alpha value is -1.87. The van der Waals surface area contributed by atoms with Crippen LogP contribution in [0, 0.1) is 10.1 Å². The number of hydrogen-bond acceptors (Lipinski definition) is 5. The number of thiazole rings is 1. The van der Waals surface area contributed by atoms with E-state index in [4.69, 9.17) is 23.2 Å². The van der Waals surface area contributed by atoms with E-state index >= 15 is 0 Å². The van der Waals surface area contributed by atoms with Gasteiger partial charge in [-0.3, -0.25) is 14.9 Å². The molecule has 1 aromatic heterocycles. The predicted molar refractivity (Wildman–Crippen MR) is 111 cm³/mol. The highest BCUT2D eigenvalue weighted by Crippen LogP contribution is 2.24. The van der Waals surface area contributed by atoms with Crippen LogP contribution in [0.1, 0.15) is 10.4 Å². The van der Waals surface area contributed by atoms with Crippen molar-refractivity contribution in [2.24, 2.45) is 4.99 Å². The lowest BCUT2D eigenvalue weighted by atomic mass is 10.2. The molecule has 2 aromatic carbocycles. The number of thioether (sulfide) groups is 1. The van der Waals surface area contributed by atoms with Crippen LogP contribution in [0.3, 0.4) is 0 Å². The molecule has 0 radical (unpaired) electrons. The van der Waals surface area contributed by atoms with Crippen LogP contribution in [0.15, 0.2) is 41.4 Å². The quantitative estimate of drug-likeness (QED) is 0.411. The number of fused-ring (bicyclic) bond motifs is 1. The molecule has 0 N–H and O–H groups in total. The highest BCUT2D eigenvalue weighted by molar-refractivity contribution is 7.98. The van der Waals surface area contributed by atoms with Gasteiger partial charge in [0.25, 0.3) is 11.6 Å². The highest BCUT2D eigenvalue weighted by atomic mass is 35.5. The van der Waals surface area contributed by atoms with E-state index < -0.39 is 10.8 Å². The van der Waals surface area contributed by atoms with Crippen LogP contribution in [0.4, 0.5) is 5.69 Å². The van der Waals surface area contributed by atoms with Gasteiger partial charge in [-0.1, -0.05) is 34.5 Å². The molecule has 1 heterocycles. The van der Waals surface area contributed by atoms with E-state index in [1.54, 1.807) is 17.8 Å². The number of benzene rings is 2. The first-order valence-corrected chi connectivity index (χ1v) is 10.7. The first-order valence-electron chi connectivity index (χ1n) is 7.71. The van der Waals surface area contributed by atoms with Crippen molar-refractivity contribution in [1.29, 1.82) is 0 Å². The average Bonchev–Trinajstić information content (AvgIpc) is 2.95. The summed E-state index contributed by atoms with van der Waals surface area (Å²) in [6, 6.07) is 9.22. The molecule has 0 fully saturated rings. The number of aryl methyl sites for hydroxylation is 1. The topological polar surface area (TPSA) is 77.5 Å². The van der Waals surface area contributed by atoms with E-state index in [1.165, 1.54) is 23.5 Å². The lowest BCUT2D eigenvalue weighted by Gasteiger charge is -2.04. The maximum atomic E-state index is 12.7. The van der Waals surface area contributed by atoms with Crippen molar-refractivity contribution in [3.8, 4) is 0 Å². The molecule has 0 aliphatic heterocycles. The summed E-state index contributed by atoms with van der Waals surface area (Å²) < 4.78 is 2.84. The SMILES string of the molecule is CSCCn1c(=NC(=O)c2cc([N+](=O)[O-])ccc2Cl)sc2cc(Cl)ccc21. The fourth-order valence-corrected chi connectivity index (χ4v) is 4.36. The minimum Gasteiger partial charge on any atom is -0.316 e. The fourth-order valence-electron chi connectivity index (χ4n) is 2.47. The summed E-state index contributed by atoms with van der Waals surface area (Å²) in [7, 11) is 0. The van der Waals surface area contributed by atoms with Gasteiger partial charge in [0.2, 0.25) is 0 Å². The van der Waals surface area contributed by atoms with Crippen molar-refractivity contribution in [1.82, 2.24) is 4.57 Å². The minimum absolute atomic E-state index is 0.00206. The van der Waals surface area contributed by atoms with E-state index in [1.807, 2.05) is 23.0 Å². The molecule has 0 saturated carbocycles. The van der Waals surface area contributed by atoms with E-state index in [0.29, 0.717) is 16.4 Å². The molecule has 0 aliphatic rings. The third-order valence-electron chi connectivity index (χ3n) is 3.75. The highest BCUT2D eigenvalue weighted by Gasteiger charge is 2.16. The van der Waals surface area contributed by atoms with Gasteiger partial charge in [0.1, 0.15) is 0 Å². The number of nitro groups is 1. The number of non-ortho nitro benzene ring substituents is 1. The Morgan fingerprint density at radius 1 is 1.30 bits per heavy atom. The van der Waals surface area contributed by atoms with Gasteiger partial charge in [-0.2, -0.15) is 16.8 Å². The zero-order valence-electron chi connectivity index (χ0n) is 14.0. The van der Waals surface area contributed by atoms with Crippen molar-refractivity contribution >= 4 is 68.1 Å². The van der Waals surface area contributed by atoms with Gasteiger partial charge in [0, 0.05) is 29.5 Å². The van der Waals surface area contributed by atoms with Crippen LogP contribution in [-0.2, 0) is 6.54 Å². The Kier molecular flexibility index (Phi) is 6.21. The molecular weight excluding hydrogens is 429 g/mol. The summed E-state index contributed by atoms with van der Waals surface area (Å²) in [5, 5.41) is 11.7. The van der Waals surface area contributed by atoms with E-state index in [2.05, 4.69) is 4.99 Å². The van der Waals surface area contributed by atoms with Crippen LogP contribution in [0.2, 0.25) is 10.0 Å². The lowest BCUT2D eigenvalue weighted by Crippen LogP contribution is -2.18. The third-order valence-corrected chi connectivity index (χ3v) is 5.95. The summed E-state index contributed by atoms with van der Waals surface area (Å²) in [5.41, 5.74) is 0.712. The summed E-state index contributed by atoms with van der Waals surface area (Å²) in [6.45, 7) is 0.664. The van der Waals surface area contributed by atoms with Crippen LogP contribution in [-0.4, -0.2) is 27.4 Å². The van der Waals surface area contributed by atoms with Crippen molar-refractivity contribution in [2.45, 2.75) is 6.54 Å². The number of nitrogens with zero attached hydrogens (tertiary/aromatic N) is 3. The molecule has 10 heteroatoms. The molecule has 0 spiro atoms.